The molecule has 1 aromatic carbocycles. The summed E-state index contributed by atoms with van der Waals surface area (Å²) in [5.41, 5.74) is 1.66. The molecule has 32 heavy (non-hydrogen) atoms. The van der Waals surface area contributed by atoms with Crippen LogP contribution < -0.4 is 10.6 Å². The molecular formula is C25H26N4O3. The molecule has 1 saturated carbocycles. The van der Waals surface area contributed by atoms with Gasteiger partial charge in [-0.05, 0) is 37.1 Å². The summed E-state index contributed by atoms with van der Waals surface area (Å²) in [4.78, 5) is 25.1. The summed E-state index contributed by atoms with van der Waals surface area (Å²) in [5, 5.41) is 16.3. The molecule has 7 heteroatoms. The summed E-state index contributed by atoms with van der Waals surface area (Å²) in [7, 11) is 0. The first-order valence-electron chi connectivity index (χ1n) is 10.9. The van der Waals surface area contributed by atoms with Crippen LogP contribution in [-0.2, 0) is 22.7 Å². The minimum atomic E-state index is -0.340. The number of hydrogen-bond donors (Lipinski definition) is 2. The van der Waals surface area contributed by atoms with Crippen molar-refractivity contribution in [2.45, 2.75) is 51.2 Å². The monoisotopic (exact) mass is 430 g/mol. The van der Waals surface area contributed by atoms with Gasteiger partial charge in [-0.2, -0.15) is 5.26 Å². The van der Waals surface area contributed by atoms with Crippen molar-refractivity contribution in [2.24, 2.45) is 0 Å². The number of fused-ring (bicyclic) bond motifs is 1. The second kappa shape index (κ2) is 10.0. The Morgan fingerprint density at radius 1 is 1.16 bits per heavy atom. The Morgan fingerprint density at radius 3 is 2.72 bits per heavy atom. The normalized spacial score (nSPS) is 14.8. The molecule has 2 N–H and O–H groups in total. The Bertz CT molecular complexity index is 1160. The van der Waals surface area contributed by atoms with Crippen LogP contribution in [0.4, 0.5) is 0 Å². The van der Waals surface area contributed by atoms with Crippen LogP contribution in [0.1, 0.15) is 43.4 Å². The standard InChI is InChI=1S/C25H26N4O3/c26-14-18(25(31)28-20-7-2-1-3-8-20)13-19-16-29(23-11-5-4-10-22(19)23)17-24(30)27-15-21-9-6-12-32-21/h4-6,9-13,16,20H,1-3,7-8,15,17H2,(H,27,30)(H,28,31)/b18-13+. The van der Waals surface area contributed by atoms with Crippen molar-refractivity contribution >= 4 is 28.8 Å². The van der Waals surface area contributed by atoms with E-state index in [1.54, 1.807) is 24.5 Å². The first kappa shape index (κ1) is 21.4. The summed E-state index contributed by atoms with van der Waals surface area (Å²) >= 11 is 0. The van der Waals surface area contributed by atoms with Crippen molar-refractivity contribution in [2.75, 3.05) is 0 Å². The minimum Gasteiger partial charge on any atom is -0.467 e. The fraction of sp³-hybridized carbons (Fsp3) is 0.320. The van der Waals surface area contributed by atoms with E-state index in [0.717, 1.165) is 42.1 Å². The fourth-order valence-corrected chi connectivity index (χ4v) is 4.14. The highest BCUT2D eigenvalue weighted by molar-refractivity contribution is 6.04. The molecule has 164 valence electrons. The van der Waals surface area contributed by atoms with Crippen molar-refractivity contribution in [1.82, 2.24) is 15.2 Å². The zero-order valence-corrected chi connectivity index (χ0v) is 17.8. The Balaban J connectivity index is 1.52. The van der Waals surface area contributed by atoms with Gasteiger partial charge in [-0.1, -0.05) is 37.5 Å². The topological polar surface area (TPSA) is 100 Å². The third-order valence-corrected chi connectivity index (χ3v) is 5.78. The number of aromatic nitrogens is 1. The third-order valence-electron chi connectivity index (χ3n) is 5.78. The van der Waals surface area contributed by atoms with Gasteiger partial charge < -0.3 is 19.6 Å². The van der Waals surface area contributed by atoms with Crippen LogP contribution in [0.3, 0.4) is 0 Å². The molecule has 0 bridgehead atoms. The van der Waals surface area contributed by atoms with Gasteiger partial charge in [0.2, 0.25) is 5.91 Å². The predicted octanol–water partition coefficient (Wildman–Crippen LogP) is 3.91. The van der Waals surface area contributed by atoms with Crippen molar-refractivity contribution in [3.8, 4) is 6.07 Å². The lowest BCUT2D eigenvalue weighted by Gasteiger charge is -2.22. The number of nitrogens with zero attached hydrogens (tertiary/aromatic N) is 2. The largest absolute Gasteiger partial charge is 0.467 e. The van der Waals surface area contributed by atoms with Gasteiger partial charge in [0.15, 0.2) is 0 Å². The number of hydrogen-bond acceptors (Lipinski definition) is 4. The molecule has 0 saturated heterocycles. The lowest BCUT2D eigenvalue weighted by atomic mass is 9.95. The van der Waals surface area contributed by atoms with Crippen LogP contribution in [0.2, 0.25) is 0 Å². The van der Waals surface area contributed by atoms with E-state index in [9.17, 15) is 14.9 Å². The SMILES string of the molecule is N#C/C(=C\c1cn(CC(=O)NCc2ccco2)c2ccccc12)C(=O)NC1CCCCC1. The highest BCUT2D eigenvalue weighted by Crippen LogP contribution is 2.24. The molecule has 2 amide bonds. The molecule has 2 aromatic heterocycles. The van der Waals surface area contributed by atoms with E-state index in [1.807, 2.05) is 41.1 Å². The van der Waals surface area contributed by atoms with Crippen LogP contribution >= 0.6 is 0 Å². The molecule has 0 aliphatic heterocycles. The zero-order valence-electron chi connectivity index (χ0n) is 17.8. The Hall–Kier alpha value is -3.79. The average molecular weight is 431 g/mol. The summed E-state index contributed by atoms with van der Waals surface area (Å²) in [6, 6.07) is 13.4. The van der Waals surface area contributed by atoms with Gasteiger partial charge in [-0.25, -0.2) is 0 Å². The lowest BCUT2D eigenvalue weighted by Crippen LogP contribution is -2.36. The number of amides is 2. The number of nitrogens with one attached hydrogen (secondary N) is 2. The van der Waals surface area contributed by atoms with E-state index in [0.29, 0.717) is 12.3 Å². The molecular weight excluding hydrogens is 404 g/mol. The Kier molecular flexibility index (Phi) is 6.71. The predicted molar refractivity (Wildman–Crippen MR) is 121 cm³/mol. The molecule has 7 nitrogen and oxygen atoms in total. The summed E-state index contributed by atoms with van der Waals surface area (Å²) in [6.45, 7) is 0.433. The van der Waals surface area contributed by atoms with Crippen molar-refractivity contribution in [3.05, 3.63) is 65.8 Å². The van der Waals surface area contributed by atoms with E-state index in [2.05, 4.69) is 10.6 Å². The molecule has 1 fully saturated rings. The lowest BCUT2D eigenvalue weighted by molar-refractivity contribution is -0.122. The Labute approximate surface area is 186 Å². The second-order valence-corrected chi connectivity index (χ2v) is 8.06. The number of carbonyl (C=O) groups excluding carboxylic acids is 2. The van der Waals surface area contributed by atoms with Gasteiger partial charge in [0.05, 0.1) is 12.8 Å². The van der Waals surface area contributed by atoms with E-state index < -0.39 is 0 Å². The molecule has 1 aliphatic carbocycles. The number of benzene rings is 1. The van der Waals surface area contributed by atoms with E-state index in [1.165, 1.54) is 6.42 Å². The second-order valence-electron chi connectivity index (χ2n) is 8.06. The third kappa shape index (κ3) is 5.09. The van der Waals surface area contributed by atoms with Crippen molar-refractivity contribution in [1.29, 1.82) is 5.26 Å². The molecule has 0 radical (unpaired) electrons. The van der Waals surface area contributed by atoms with Crippen LogP contribution in [0.15, 0.2) is 58.8 Å². The molecule has 3 aromatic rings. The molecule has 0 spiro atoms. The van der Waals surface area contributed by atoms with E-state index in [-0.39, 0.29) is 30.0 Å². The summed E-state index contributed by atoms with van der Waals surface area (Å²) in [5.74, 6) is 0.183. The van der Waals surface area contributed by atoms with Gasteiger partial charge in [0.1, 0.15) is 23.9 Å². The molecule has 1 aliphatic rings. The van der Waals surface area contributed by atoms with Gasteiger partial charge in [-0.3, -0.25) is 9.59 Å². The first-order valence-corrected chi connectivity index (χ1v) is 10.9. The Morgan fingerprint density at radius 2 is 1.97 bits per heavy atom. The van der Waals surface area contributed by atoms with Gasteiger partial charge >= 0.3 is 0 Å². The summed E-state index contributed by atoms with van der Waals surface area (Å²) < 4.78 is 7.07. The van der Waals surface area contributed by atoms with Crippen molar-refractivity contribution < 1.29 is 14.0 Å². The molecule has 0 unspecified atom stereocenters. The van der Waals surface area contributed by atoms with Crippen molar-refractivity contribution in [3.63, 3.8) is 0 Å². The highest BCUT2D eigenvalue weighted by atomic mass is 16.3. The first-order chi connectivity index (χ1) is 15.6. The smallest absolute Gasteiger partial charge is 0.262 e. The maximum atomic E-state index is 12.7. The van der Waals surface area contributed by atoms with Crippen LogP contribution in [0.5, 0.6) is 0 Å². The molecule has 0 atom stereocenters. The van der Waals surface area contributed by atoms with E-state index >= 15 is 0 Å². The van der Waals surface area contributed by atoms with Gasteiger partial charge in [0.25, 0.3) is 5.91 Å². The maximum absolute atomic E-state index is 12.7. The summed E-state index contributed by atoms with van der Waals surface area (Å²) in [6.07, 6.45) is 10.3. The molecule has 4 rings (SSSR count). The number of para-hydroxylation sites is 1. The minimum absolute atomic E-state index is 0.0701. The highest BCUT2D eigenvalue weighted by Gasteiger charge is 2.19. The number of rotatable bonds is 7. The van der Waals surface area contributed by atoms with Crippen LogP contribution in [0, 0.1) is 11.3 Å². The number of carbonyl (C=O) groups is 2. The average Bonchev–Trinajstić information content (AvgIpc) is 3.45. The maximum Gasteiger partial charge on any atom is 0.262 e. The quantitative estimate of drug-likeness (QED) is 0.438. The number of furan rings is 1. The van der Waals surface area contributed by atoms with Gasteiger partial charge in [0, 0.05) is 28.7 Å². The van der Waals surface area contributed by atoms with Crippen LogP contribution in [0.25, 0.3) is 17.0 Å². The van der Waals surface area contributed by atoms with Crippen LogP contribution in [-0.4, -0.2) is 22.4 Å². The number of nitriles is 1. The van der Waals surface area contributed by atoms with E-state index in [4.69, 9.17) is 4.42 Å². The molecule has 2 heterocycles. The van der Waals surface area contributed by atoms with Gasteiger partial charge in [-0.15, -0.1) is 0 Å². The fourth-order valence-electron chi connectivity index (χ4n) is 4.14. The zero-order chi connectivity index (χ0) is 22.3.